The van der Waals surface area contributed by atoms with Gasteiger partial charge in [-0.15, -0.1) is 0 Å². The van der Waals surface area contributed by atoms with Gasteiger partial charge in [-0.2, -0.15) is 0 Å². The van der Waals surface area contributed by atoms with E-state index in [1.54, 1.807) is 0 Å². The van der Waals surface area contributed by atoms with Gasteiger partial charge in [0, 0.05) is 0 Å². The van der Waals surface area contributed by atoms with Crippen molar-refractivity contribution in [3.8, 4) is 0 Å². The predicted octanol–water partition coefficient (Wildman–Crippen LogP) is 4.21. The van der Waals surface area contributed by atoms with Gasteiger partial charge in [-0.3, -0.25) is 0 Å². The number of unbranched alkanes of at least 4 members (excludes halogenated alkanes) is 3. The van der Waals surface area contributed by atoms with Crippen LogP contribution in [0.15, 0.2) is 10.6 Å². The van der Waals surface area contributed by atoms with Crippen LogP contribution in [0.1, 0.15) is 39.5 Å². The fraction of sp³-hybridized carbons (Fsp3) is 0.818. The highest BCUT2D eigenvalue weighted by Gasteiger charge is 1.97. The molecule has 0 aromatic carbocycles. The van der Waals surface area contributed by atoms with Crippen molar-refractivity contribution in [1.29, 1.82) is 0 Å². The van der Waals surface area contributed by atoms with Gasteiger partial charge in [0.1, 0.15) is 4.49 Å². The Balaban J connectivity index is 3.24. The van der Waals surface area contributed by atoms with Crippen LogP contribution in [0.4, 0.5) is 0 Å². The van der Waals surface area contributed by atoms with Crippen molar-refractivity contribution in [2.75, 3.05) is 19.6 Å². The SMILES string of the molecule is CCN(CC)CCCCCC=C(Cl)Cl. The van der Waals surface area contributed by atoms with Crippen molar-refractivity contribution in [2.45, 2.75) is 39.5 Å². The molecule has 0 aliphatic heterocycles. The van der Waals surface area contributed by atoms with Gasteiger partial charge in [0.2, 0.25) is 0 Å². The van der Waals surface area contributed by atoms with Crippen LogP contribution in [0.2, 0.25) is 0 Å². The second-order valence-corrected chi connectivity index (χ2v) is 4.38. The Kier molecular flexibility index (Phi) is 10.0. The molecule has 0 unspecified atom stereocenters. The van der Waals surface area contributed by atoms with E-state index in [9.17, 15) is 0 Å². The number of rotatable bonds is 8. The molecule has 0 saturated carbocycles. The summed E-state index contributed by atoms with van der Waals surface area (Å²) in [5.41, 5.74) is 0. The van der Waals surface area contributed by atoms with Crippen molar-refractivity contribution < 1.29 is 0 Å². The highest BCUT2D eigenvalue weighted by atomic mass is 35.5. The Labute approximate surface area is 98.1 Å². The Hall–Kier alpha value is 0.280. The molecule has 0 aliphatic rings. The molecule has 0 N–H and O–H groups in total. The highest BCUT2D eigenvalue weighted by Crippen LogP contribution is 2.10. The van der Waals surface area contributed by atoms with Crippen molar-refractivity contribution in [1.82, 2.24) is 4.90 Å². The largest absolute Gasteiger partial charge is 0.304 e. The molecule has 0 bridgehead atoms. The third-order valence-corrected chi connectivity index (χ3v) is 2.68. The van der Waals surface area contributed by atoms with Gasteiger partial charge >= 0.3 is 0 Å². The molecule has 0 aromatic rings. The summed E-state index contributed by atoms with van der Waals surface area (Å²) in [5, 5.41) is 0. The molecule has 14 heavy (non-hydrogen) atoms. The van der Waals surface area contributed by atoms with Crippen LogP contribution in [0, 0.1) is 0 Å². The summed E-state index contributed by atoms with van der Waals surface area (Å²) >= 11 is 11.0. The van der Waals surface area contributed by atoms with Gasteiger partial charge in [0.15, 0.2) is 0 Å². The van der Waals surface area contributed by atoms with E-state index in [4.69, 9.17) is 23.2 Å². The summed E-state index contributed by atoms with van der Waals surface area (Å²) in [5.74, 6) is 0. The second kappa shape index (κ2) is 9.82. The second-order valence-electron chi connectivity index (χ2n) is 3.37. The molecule has 0 aromatic heterocycles. The minimum absolute atomic E-state index is 0.397. The first kappa shape index (κ1) is 14.3. The van der Waals surface area contributed by atoms with Crippen molar-refractivity contribution >= 4 is 23.2 Å². The number of hydrogen-bond donors (Lipinski definition) is 0. The fourth-order valence-corrected chi connectivity index (χ4v) is 1.63. The van der Waals surface area contributed by atoms with Crippen LogP contribution in [0.25, 0.3) is 0 Å². The Morgan fingerprint density at radius 3 is 2.21 bits per heavy atom. The van der Waals surface area contributed by atoms with Gasteiger partial charge in [-0.05, 0) is 38.9 Å². The maximum atomic E-state index is 5.50. The highest BCUT2D eigenvalue weighted by molar-refractivity contribution is 6.55. The van der Waals surface area contributed by atoms with E-state index in [0.717, 1.165) is 19.5 Å². The summed E-state index contributed by atoms with van der Waals surface area (Å²) in [6, 6.07) is 0. The van der Waals surface area contributed by atoms with Gasteiger partial charge in [0.25, 0.3) is 0 Å². The lowest BCUT2D eigenvalue weighted by atomic mass is 10.2. The molecule has 0 aliphatic carbocycles. The van der Waals surface area contributed by atoms with Crippen LogP contribution in [0.3, 0.4) is 0 Å². The van der Waals surface area contributed by atoms with E-state index in [1.807, 2.05) is 6.08 Å². The first-order chi connectivity index (χ1) is 6.70. The lowest BCUT2D eigenvalue weighted by molar-refractivity contribution is 0.296. The Bertz CT molecular complexity index is 149. The molecule has 0 radical (unpaired) electrons. The van der Waals surface area contributed by atoms with E-state index in [2.05, 4.69) is 18.7 Å². The van der Waals surface area contributed by atoms with E-state index in [0.29, 0.717) is 4.49 Å². The number of hydrogen-bond acceptors (Lipinski definition) is 1. The number of allylic oxidation sites excluding steroid dienone is 1. The minimum atomic E-state index is 0.397. The monoisotopic (exact) mass is 237 g/mol. The molecule has 0 atom stereocenters. The normalized spacial score (nSPS) is 10.6. The Morgan fingerprint density at radius 2 is 1.71 bits per heavy atom. The maximum absolute atomic E-state index is 5.50. The van der Waals surface area contributed by atoms with Crippen LogP contribution in [0.5, 0.6) is 0 Å². The van der Waals surface area contributed by atoms with Crippen LogP contribution in [-0.2, 0) is 0 Å². The third kappa shape index (κ3) is 8.86. The maximum Gasteiger partial charge on any atom is 0.102 e. The molecule has 0 amide bonds. The summed E-state index contributed by atoms with van der Waals surface area (Å²) in [4.78, 5) is 2.45. The zero-order valence-corrected chi connectivity index (χ0v) is 10.7. The summed E-state index contributed by atoms with van der Waals surface area (Å²) in [7, 11) is 0. The number of nitrogens with zero attached hydrogens (tertiary/aromatic N) is 1. The van der Waals surface area contributed by atoms with E-state index in [-0.39, 0.29) is 0 Å². The van der Waals surface area contributed by atoms with Gasteiger partial charge < -0.3 is 4.90 Å². The van der Waals surface area contributed by atoms with Gasteiger partial charge in [-0.25, -0.2) is 0 Å². The number of halogens is 2. The summed E-state index contributed by atoms with van der Waals surface area (Å²) in [6.07, 6.45) is 6.59. The topological polar surface area (TPSA) is 3.24 Å². The quantitative estimate of drug-likeness (QED) is 0.572. The first-order valence-corrected chi connectivity index (χ1v) is 6.19. The molecular weight excluding hydrogens is 217 g/mol. The van der Waals surface area contributed by atoms with E-state index < -0.39 is 0 Å². The van der Waals surface area contributed by atoms with Crippen LogP contribution >= 0.6 is 23.2 Å². The molecule has 84 valence electrons. The predicted molar refractivity (Wildman–Crippen MR) is 66.0 cm³/mol. The molecule has 0 rings (SSSR count). The molecule has 0 spiro atoms. The molecule has 1 nitrogen and oxygen atoms in total. The molecule has 0 fully saturated rings. The van der Waals surface area contributed by atoms with Crippen LogP contribution < -0.4 is 0 Å². The van der Waals surface area contributed by atoms with E-state index in [1.165, 1.54) is 25.8 Å². The lowest BCUT2D eigenvalue weighted by Gasteiger charge is -2.17. The van der Waals surface area contributed by atoms with Crippen molar-refractivity contribution in [2.24, 2.45) is 0 Å². The minimum Gasteiger partial charge on any atom is -0.304 e. The van der Waals surface area contributed by atoms with Crippen molar-refractivity contribution in [3.05, 3.63) is 10.6 Å². The first-order valence-electron chi connectivity index (χ1n) is 5.44. The third-order valence-electron chi connectivity index (χ3n) is 2.37. The standard InChI is InChI=1S/C11H21Cl2N/c1-3-14(4-2)10-8-6-5-7-9-11(12)13/h9H,3-8,10H2,1-2H3. The fourth-order valence-electron chi connectivity index (χ4n) is 1.41. The molecule has 3 heteroatoms. The van der Waals surface area contributed by atoms with Crippen LogP contribution in [-0.4, -0.2) is 24.5 Å². The summed E-state index contributed by atoms with van der Waals surface area (Å²) < 4.78 is 0.397. The average Bonchev–Trinajstić information content (AvgIpc) is 2.16. The average molecular weight is 238 g/mol. The van der Waals surface area contributed by atoms with Gasteiger partial charge in [-0.1, -0.05) is 49.5 Å². The van der Waals surface area contributed by atoms with Crippen molar-refractivity contribution in [3.63, 3.8) is 0 Å². The molecule has 0 heterocycles. The lowest BCUT2D eigenvalue weighted by Crippen LogP contribution is -2.23. The zero-order chi connectivity index (χ0) is 10.8. The smallest absolute Gasteiger partial charge is 0.102 e. The van der Waals surface area contributed by atoms with E-state index >= 15 is 0 Å². The zero-order valence-electron chi connectivity index (χ0n) is 9.23. The van der Waals surface area contributed by atoms with Gasteiger partial charge in [0.05, 0.1) is 0 Å². The molecular formula is C11H21Cl2N. The molecule has 0 saturated heterocycles. The Morgan fingerprint density at radius 1 is 1.07 bits per heavy atom. The summed E-state index contributed by atoms with van der Waals surface area (Å²) in [6.45, 7) is 7.94.